The molecule has 1 N–H and O–H groups in total. The summed E-state index contributed by atoms with van der Waals surface area (Å²) in [6.07, 6.45) is -3.05. The Hall–Kier alpha value is -1.40. The summed E-state index contributed by atoms with van der Waals surface area (Å²) in [6.45, 7) is 1.29. The van der Waals surface area contributed by atoms with Gasteiger partial charge in [-0.15, -0.1) is 0 Å². The molecular weight excluding hydrogens is 270 g/mol. The summed E-state index contributed by atoms with van der Waals surface area (Å²) in [5, 5.41) is 10.1. The maximum absolute atomic E-state index is 11.9. The second-order valence-electron chi connectivity index (χ2n) is 4.33. The number of aliphatic hydroxyl groups excluding tert-OH is 1. The van der Waals surface area contributed by atoms with E-state index in [9.17, 15) is 13.9 Å². The topological polar surface area (TPSA) is 47.9 Å². The molecule has 1 aromatic carbocycles. The number of hydrogen-bond acceptors (Lipinski definition) is 4. The lowest BCUT2D eigenvalue weighted by Gasteiger charge is -2.17. The largest absolute Gasteiger partial charge is 0.493 e. The molecule has 1 atom stereocenters. The van der Waals surface area contributed by atoms with Gasteiger partial charge >= 0.3 is 0 Å². The summed E-state index contributed by atoms with van der Waals surface area (Å²) < 4.78 is 38.9. The van der Waals surface area contributed by atoms with Crippen LogP contribution in [0.5, 0.6) is 11.5 Å². The van der Waals surface area contributed by atoms with Gasteiger partial charge in [-0.2, -0.15) is 0 Å². The van der Waals surface area contributed by atoms with Gasteiger partial charge in [0.15, 0.2) is 11.5 Å². The van der Waals surface area contributed by atoms with E-state index in [4.69, 9.17) is 14.2 Å². The van der Waals surface area contributed by atoms with E-state index in [0.717, 1.165) is 5.56 Å². The molecule has 0 radical (unpaired) electrons. The highest BCUT2D eigenvalue weighted by molar-refractivity contribution is 5.47. The lowest BCUT2D eigenvalue weighted by Crippen LogP contribution is -2.09. The number of aryl methyl sites for hydroxylation is 1. The minimum absolute atomic E-state index is 0.0687. The molecule has 1 rings (SSSR count). The maximum Gasteiger partial charge on any atom is 0.261 e. The molecule has 0 aliphatic rings. The molecular formula is C14H20F2O4. The van der Waals surface area contributed by atoms with Crippen molar-refractivity contribution >= 4 is 0 Å². The third kappa shape index (κ3) is 4.61. The number of methoxy groups -OCH3 is 2. The number of benzene rings is 1. The Kier molecular flexibility index (Phi) is 6.67. The summed E-state index contributed by atoms with van der Waals surface area (Å²) in [4.78, 5) is 0. The van der Waals surface area contributed by atoms with Crippen LogP contribution >= 0.6 is 0 Å². The summed E-state index contributed by atoms with van der Waals surface area (Å²) in [5.74, 6) is 1.09. The monoisotopic (exact) mass is 290 g/mol. The van der Waals surface area contributed by atoms with E-state index in [2.05, 4.69) is 0 Å². The number of halogens is 2. The van der Waals surface area contributed by atoms with Gasteiger partial charge in [0.25, 0.3) is 6.43 Å². The van der Waals surface area contributed by atoms with Crippen LogP contribution in [0.4, 0.5) is 8.78 Å². The van der Waals surface area contributed by atoms with Gasteiger partial charge in [-0.25, -0.2) is 8.78 Å². The normalized spacial score (nSPS) is 12.6. The van der Waals surface area contributed by atoms with Crippen molar-refractivity contribution in [1.82, 2.24) is 0 Å². The molecule has 20 heavy (non-hydrogen) atoms. The quantitative estimate of drug-likeness (QED) is 0.748. The first-order chi connectivity index (χ1) is 9.49. The minimum Gasteiger partial charge on any atom is -0.493 e. The van der Waals surface area contributed by atoms with Crippen molar-refractivity contribution in [2.75, 3.05) is 27.4 Å². The van der Waals surface area contributed by atoms with Gasteiger partial charge in [-0.1, -0.05) is 0 Å². The molecule has 0 spiro atoms. The van der Waals surface area contributed by atoms with E-state index in [0.29, 0.717) is 17.1 Å². The van der Waals surface area contributed by atoms with Crippen molar-refractivity contribution in [2.24, 2.45) is 0 Å². The number of ether oxygens (including phenoxy) is 3. The molecule has 0 aliphatic heterocycles. The van der Waals surface area contributed by atoms with Crippen LogP contribution < -0.4 is 9.47 Å². The van der Waals surface area contributed by atoms with Gasteiger partial charge in [0.2, 0.25) is 0 Å². The predicted molar refractivity (Wildman–Crippen MR) is 70.7 cm³/mol. The van der Waals surface area contributed by atoms with E-state index < -0.39 is 19.1 Å². The standard InChI is InChI=1S/C14H20F2O4/c1-9-6-12(18-2)13(19-3)7-10(9)11(17)4-5-20-8-14(15)16/h6-7,11,14,17H,4-5,8H2,1-3H3. The van der Waals surface area contributed by atoms with Crippen LogP contribution in [0.25, 0.3) is 0 Å². The molecule has 0 saturated carbocycles. The van der Waals surface area contributed by atoms with Crippen LogP contribution in [-0.2, 0) is 4.74 Å². The summed E-state index contributed by atoms with van der Waals surface area (Å²) in [5.41, 5.74) is 1.51. The molecule has 0 bridgehead atoms. The third-order valence-corrected chi connectivity index (χ3v) is 2.91. The van der Waals surface area contributed by atoms with Crippen molar-refractivity contribution in [2.45, 2.75) is 25.9 Å². The summed E-state index contributed by atoms with van der Waals surface area (Å²) >= 11 is 0. The smallest absolute Gasteiger partial charge is 0.261 e. The Balaban J connectivity index is 2.69. The SMILES string of the molecule is COc1cc(C)c(C(O)CCOCC(F)F)cc1OC. The van der Waals surface area contributed by atoms with Crippen molar-refractivity contribution in [3.63, 3.8) is 0 Å². The minimum atomic E-state index is -2.49. The van der Waals surface area contributed by atoms with E-state index in [-0.39, 0.29) is 13.0 Å². The molecule has 1 aromatic rings. The van der Waals surface area contributed by atoms with Crippen molar-refractivity contribution in [3.8, 4) is 11.5 Å². The highest BCUT2D eigenvalue weighted by Crippen LogP contribution is 2.33. The maximum atomic E-state index is 11.9. The molecule has 114 valence electrons. The Labute approximate surface area is 117 Å². The predicted octanol–water partition coefficient (Wildman–Crippen LogP) is 2.72. The molecule has 0 aliphatic carbocycles. The molecule has 4 nitrogen and oxygen atoms in total. The third-order valence-electron chi connectivity index (χ3n) is 2.91. The Bertz CT molecular complexity index is 424. The van der Waals surface area contributed by atoms with Crippen LogP contribution in [0.2, 0.25) is 0 Å². The average Bonchev–Trinajstić information content (AvgIpc) is 2.42. The second kappa shape index (κ2) is 8.01. The molecule has 0 aromatic heterocycles. The fraction of sp³-hybridized carbons (Fsp3) is 0.571. The fourth-order valence-electron chi connectivity index (χ4n) is 1.88. The lowest BCUT2D eigenvalue weighted by atomic mass is 10.0. The van der Waals surface area contributed by atoms with Crippen molar-refractivity contribution in [3.05, 3.63) is 23.3 Å². The fourth-order valence-corrected chi connectivity index (χ4v) is 1.88. The van der Waals surface area contributed by atoms with Crippen LogP contribution in [0.3, 0.4) is 0 Å². The van der Waals surface area contributed by atoms with Crippen LogP contribution in [0.1, 0.15) is 23.7 Å². The molecule has 0 fully saturated rings. The highest BCUT2D eigenvalue weighted by atomic mass is 19.3. The first-order valence-electron chi connectivity index (χ1n) is 6.26. The van der Waals surface area contributed by atoms with Crippen LogP contribution in [0.15, 0.2) is 12.1 Å². The van der Waals surface area contributed by atoms with Gasteiger partial charge in [-0.3, -0.25) is 0 Å². The van der Waals surface area contributed by atoms with E-state index in [1.165, 1.54) is 14.2 Å². The first-order valence-corrected chi connectivity index (χ1v) is 6.26. The van der Waals surface area contributed by atoms with Crippen LogP contribution in [-0.4, -0.2) is 39.0 Å². The van der Waals surface area contributed by atoms with Crippen molar-refractivity contribution < 1.29 is 28.1 Å². The molecule has 0 heterocycles. The Morgan fingerprint density at radius 3 is 2.30 bits per heavy atom. The molecule has 1 unspecified atom stereocenters. The molecule has 0 saturated heterocycles. The van der Waals surface area contributed by atoms with E-state index in [1.54, 1.807) is 12.1 Å². The van der Waals surface area contributed by atoms with Gasteiger partial charge in [0.05, 0.1) is 20.3 Å². The number of alkyl halides is 2. The van der Waals surface area contributed by atoms with Gasteiger partial charge in [0, 0.05) is 13.0 Å². The van der Waals surface area contributed by atoms with Crippen molar-refractivity contribution in [1.29, 1.82) is 0 Å². The number of rotatable bonds is 8. The Morgan fingerprint density at radius 2 is 1.75 bits per heavy atom. The highest BCUT2D eigenvalue weighted by Gasteiger charge is 2.15. The van der Waals surface area contributed by atoms with Crippen LogP contribution in [0, 0.1) is 6.92 Å². The average molecular weight is 290 g/mol. The van der Waals surface area contributed by atoms with E-state index in [1.807, 2.05) is 6.92 Å². The zero-order valence-corrected chi connectivity index (χ0v) is 11.9. The molecule has 6 heteroatoms. The van der Waals surface area contributed by atoms with Gasteiger partial charge in [0.1, 0.15) is 6.61 Å². The zero-order valence-electron chi connectivity index (χ0n) is 11.9. The summed E-state index contributed by atoms with van der Waals surface area (Å²) in [6, 6.07) is 3.45. The first kappa shape index (κ1) is 16.7. The second-order valence-corrected chi connectivity index (χ2v) is 4.33. The summed E-state index contributed by atoms with van der Waals surface area (Å²) in [7, 11) is 3.04. The molecule has 0 amide bonds. The lowest BCUT2D eigenvalue weighted by molar-refractivity contribution is 0.00473. The number of aliphatic hydroxyl groups is 1. The van der Waals surface area contributed by atoms with E-state index >= 15 is 0 Å². The van der Waals surface area contributed by atoms with Gasteiger partial charge in [-0.05, 0) is 30.2 Å². The van der Waals surface area contributed by atoms with Gasteiger partial charge < -0.3 is 19.3 Å². The Morgan fingerprint density at radius 1 is 1.15 bits per heavy atom. The number of hydrogen-bond donors (Lipinski definition) is 1. The zero-order chi connectivity index (χ0) is 15.1.